The van der Waals surface area contributed by atoms with E-state index in [4.69, 9.17) is 0 Å². The number of hydrogen-bond acceptors (Lipinski definition) is 0. The molecule has 2 fully saturated rings. The molecule has 0 unspecified atom stereocenters. The van der Waals surface area contributed by atoms with Gasteiger partial charge in [0.25, 0.3) is 0 Å². The van der Waals surface area contributed by atoms with Gasteiger partial charge in [-0.1, -0.05) is 132 Å². The van der Waals surface area contributed by atoms with Crippen LogP contribution in [0.25, 0.3) is 0 Å². The topological polar surface area (TPSA) is 0 Å². The summed E-state index contributed by atoms with van der Waals surface area (Å²) in [6, 6.07) is 0. The van der Waals surface area contributed by atoms with Crippen LogP contribution in [-0.2, 0) is 229 Å². The second kappa shape index (κ2) is 54.0. The SMILES string of the molecule is C=C(C)[C-](C)C.C=C(C)[C-]1CCCC1.C=C(C)[C-]1CCCCC1.C=C(C)[PH](C)(C)C.C=C([C-](C)C)C(C)(C)C.C=C([C-](C)C)C(C)C.C=P(C)(C)[C-](C)C.[Y].[Y].[Y].[Y].[Y].[Y].[Y]. The van der Waals surface area contributed by atoms with Crippen molar-refractivity contribution in [3.63, 3.8) is 0 Å². The second-order valence-electron chi connectivity index (χ2n) is 19.4. The molecule has 9 heteroatoms. The Balaban J connectivity index is -0.0000000452. The van der Waals surface area contributed by atoms with Crippen molar-refractivity contribution in [2.45, 2.75) is 175 Å². The van der Waals surface area contributed by atoms with Gasteiger partial charge < -0.3 is 0 Å². The van der Waals surface area contributed by atoms with Crippen LogP contribution in [0.15, 0.2) is 72.7 Å². The Morgan fingerprint density at radius 1 is 0.541 bits per heavy atom. The Bertz CT molecular complexity index is 1090. The van der Waals surface area contributed by atoms with E-state index >= 15 is 0 Å². The molecule has 2 aliphatic rings. The maximum atomic E-state index is 4.04. The molecular formula is C52H100P2Y7-6. The Morgan fingerprint density at radius 2 is 0.770 bits per heavy atom. The first kappa shape index (κ1) is 96.7. The molecule has 2 saturated carbocycles. The van der Waals surface area contributed by atoms with Crippen molar-refractivity contribution < 1.29 is 229 Å². The maximum Gasteiger partial charge on any atom is 0 e. The fraction of sp³-hybridized carbons (Fsp3) is 0.635. The molecule has 0 aromatic rings. The van der Waals surface area contributed by atoms with Gasteiger partial charge in [-0.2, -0.15) is 13.8 Å². The van der Waals surface area contributed by atoms with Gasteiger partial charge in [0.1, 0.15) is 0 Å². The summed E-state index contributed by atoms with van der Waals surface area (Å²) >= 11 is 0. The Morgan fingerprint density at radius 3 is 0.836 bits per heavy atom. The first-order valence-electron chi connectivity index (χ1n) is 20.7. The van der Waals surface area contributed by atoms with Crippen molar-refractivity contribution in [1.82, 2.24) is 0 Å². The maximum absolute atomic E-state index is 4.04. The molecule has 345 valence electrons. The first-order chi connectivity index (χ1) is 24.0. The molecular weight excluding hydrogens is 1310 g/mol. The van der Waals surface area contributed by atoms with Crippen molar-refractivity contribution in [3.8, 4) is 0 Å². The van der Waals surface area contributed by atoms with Crippen LogP contribution in [0, 0.1) is 46.6 Å². The summed E-state index contributed by atoms with van der Waals surface area (Å²) in [5.41, 5.74) is 8.06. The van der Waals surface area contributed by atoms with Crippen LogP contribution < -0.4 is 0 Å². The summed E-state index contributed by atoms with van der Waals surface area (Å²) in [4.78, 5) is 0. The van der Waals surface area contributed by atoms with Gasteiger partial charge in [0, 0.05) is 229 Å². The minimum Gasteiger partial charge on any atom is -0.293 e. The van der Waals surface area contributed by atoms with Gasteiger partial charge in [-0.15, -0.1) is 47.8 Å². The van der Waals surface area contributed by atoms with Crippen molar-refractivity contribution in [1.29, 1.82) is 0 Å². The second-order valence-corrected chi connectivity index (χ2v) is 29.0. The van der Waals surface area contributed by atoms with Crippen LogP contribution in [0.1, 0.15) is 175 Å². The van der Waals surface area contributed by atoms with Gasteiger partial charge in [0.2, 0.25) is 0 Å². The molecule has 0 aromatic heterocycles. The van der Waals surface area contributed by atoms with E-state index in [1.807, 2.05) is 6.92 Å². The fourth-order valence-corrected chi connectivity index (χ4v) is 3.96. The van der Waals surface area contributed by atoms with Gasteiger partial charge in [-0.05, 0) is 5.41 Å². The predicted octanol–water partition coefficient (Wildman–Crippen LogP) is 18.4. The normalized spacial score (nSPS) is 12.2. The predicted molar refractivity (Wildman–Crippen MR) is 270 cm³/mol. The molecule has 0 aliphatic heterocycles. The van der Waals surface area contributed by atoms with Gasteiger partial charge in [0.05, 0.1) is 0 Å². The van der Waals surface area contributed by atoms with Crippen molar-refractivity contribution in [2.24, 2.45) is 11.3 Å². The number of allylic oxidation sites excluding steroid dienone is 6. The van der Waals surface area contributed by atoms with Gasteiger partial charge in [-0.3, -0.25) is 5.66 Å². The average molecular weight is 1410 g/mol. The fourth-order valence-electron chi connectivity index (χ4n) is 3.96. The Hall–Kier alpha value is 6.25. The summed E-state index contributed by atoms with van der Waals surface area (Å²) in [5.74, 6) is 7.82. The molecule has 0 bridgehead atoms. The van der Waals surface area contributed by atoms with Gasteiger partial charge in [0.15, 0.2) is 0 Å². The number of rotatable bonds is 8. The molecule has 61 heavy (non-hydrogen) atoms. The van der Waals surface area contributed by atoms with Crippen molar-refractivity contribution in [3.05, 3.63) is 108 Å². The molecule has 0 atom stereocenters. The third kappa shape index (κ3) is 68.4. The van der Waals surface area contributed by atoms with Gasteiger partial charge >= 0.3 is 46.1 Å². The van der Waals surface area contributed by atoms with E-state index in [1.54, 1.807) is 11.8 Å². The van der Waals surface area contributed by atoms with E-state index in [0.29, 0.717) is 5.92 Å². The number of hydrogen-bond donors (Lipinski definition) is 0. The minimum atomic E-state index is -0.929. The standard InChI is InChI=1S/C9H15.C9H17.C8H13.C8H15.C6H15P.C6H14P.C6H11.7Y/c1-8(2)9-6-4-3-5-7-9;1-7(2)8(3)9(4,5)6;1-7(2)8-5-3-4-6-8;1-6(2)8(5)7(3)4;2*1-6(2)7(3,4)5;1-5(2)6(3)4;;;;;;;/h1,3-7H2,2H3;3H2,1-2,4-6H3;1,3-6H2,2H3;6H,5H2,1-4H3;7H,1H2,2-5H3;3H2,1-2,4-5H3;1H2,2-4H3;;;;;;;/q4*-1;;2*-1;;;;;;;. The Kier molecular flexibility index (Phi) is 85.6. The Labute approximate surface area is 566 Å². The third-order valence-electron chi connectivity index (χ3n) is 10.1. The van der Waals surface area contributed by atoms with E-state index in [-0.39, 0.29) is 234 Å². The van der Waals surface area contributed by atoms with Crippen molar-refractivity contribution in [2.75, 3.05) is 33.3 Å². The zero-order valence-corrected chi connectivity index (χ0v) is 67.1. The van der Waals surface area contributed by atoms with Crippen LogP contribution in [-0.4, -0.2) is 39.6 Å². The van der Waals surface area contributed by atoms with Gasteiger partial charge in [-0.25, -0.2) is 97.2 Å². The monoisotopic (exact) mass is 1410 g/mol. The molecule has 0 nitrogen and oxygen atoms in total. The van der Waals surface area contributed by atoms with Crippen LogP contribution in [0.2, 0.25) is 0 Å². The van der Waals surface area contributed by atoms with Crippen LogP contribution >= 0.6 is 14.1 Å². The molecule has 0 aromatic carbocycles. The molecule has 0 saturated heterocycles. The first-order valence-corrected chi connectivity index (χ1v) is 27.0. The van der Waals surface area contributed by atoms with Crippen molar-refractivity contribution >= 4 is 20.4 Å². The molecule has 2 aliphatic carbocycles. The summed E-state index contributed by atoms with van der Waals surface area (Å²) < 4.78 is 0. The summed E-state index contributed by atoms with van der Waals surface area (Å²) in [5, 5.41) is 1.38. The van der Waals surface area contributed by atoms with E-state index < -0.39 is 14.1 Å². The smallest absolute Gasteiger partial charge is 0 e. The summed E-state index contributed by atoms with van der Waals surface area (Å²) in [6.07, 6.45) is 16.3. The minimum absolute atomic E-state index is 0. The summed E-state index contributed by atoms with van der Waals surface area (Å²) in [7, 11) is -0.929. The van der Waals surface area contributed by atoms with Crippen LogP contribution in [0.3, 0.4) is 0 Å². The van der Waals surface area contributed by atoms with E-state index in [1.165, 1.54) is 114 Å². The molecule has 0 N–H and O–H groups in total. The van der Waals surface area contributed by atoms with E-state index in [0.717, 1.165) is 0 Å². The largest absolute Gasteiger partial charge is 0.293 e. The quantitative estimate of drug-likeness (QED) is 0.168. The molecule has 7 radical (unpaired) electrons. The molecule has 0 heterocycles. The zero-order chi connectivity index (χ0) is 44.4. The van der Waals surface area contributed by atoms with E-state index in [9.17, 15) is 0 Å². The zero-order valence-electron chi connectivity index (χ0n) is 45.4. The van der Waals surface area contributed by atoms with E-state index in [2.05, 4.69) is 190 Å². The summed E-state index contributed by atoms with van der Waals surface area (Å²) in [6.45, 7) is 70.0. The molecule has 0 spiro atoms. The molecule has 2 rings (SSSR count). The van der Waals surface area contributed by atoms with Crippen LogP contribution in [0.4, 0.5) is 0 Å². The van der Waals surface area contributed by atoms with Crippen LogP contribution in [0.5, 0.6) is 0 Å². The molecule has 0 amide bonds. The third-order valence-corrected chi connectivity index (χ3v) is 15.0. The average Bonchev–Trinajstić information content (AvgIpc) is 3.57.